The van der Waals surface area contributed by atoms with Gasteiger partial charge in [0.1, 0.15) is 5.75 Å². The molecule has 0 fully saturated rings. The van der Waals surface area contributed by atoms with Crippen molar-refractivity contribution in [1.82, 2.24) is 0 Å². The lowest BCUT2D eigenvalue weighted by molar-refractivity contribution is 0.415. The average Bonchev–Trinajstić information content (AvgIpc) is 2.81. The van der Waals surface area contributed by atoms with E-state index in [4.69, 9.17) is 4.74 Å². The van der Waals surface area contributed by atoms with Crippen LogP contribution in [0.2, 0.25) is 0 Å². The number of ether oxygens (including phenoxy) is 1. The molecule has 0 amide bonds. The number of methoxy groups -OCH3 is 1. The first-order chi connectivity index (χ1) is 14.3. The maximum atomic E-state index is 5.36. The highest BCUT2D eigenvalue weighted by molar-refractivity contribution is 5.77. The molecule has 3 nitrogen and oxygen atoms in total. The van der Waals surface area contributed by atoms with Gasteiger partial charge in [-0.25, -0.2) is 0 Å². The topological polar surface area (TPSA) is 15.7 Å². The Morgan fingerprint density at radius 2 is 1.00 bits per heavy atom. The van der Waals surface area contributed by atoms with Gasteiger partial charge in [-0.3, -0.25) is 0 Å². The molecule has 4 rings (SSSR count). The molecule has 0 aliphatic heterocycles. The van der Waals surface area contributed by atoms with E-state index in [1.165, 1.54) is 0 Å². The fourth-order valence-electron chi connectivity index (χ4n) is 3.39. The third-order valence-corrected chi connectivity index (χ3v) is 4.96. The minimum atomic E-state index is 0.852. The van der Waals surface area contributed by atoms with Crippen molar-refractivity contribution in [2.24, 2.45) is 0 Å². The van der Waals surface area contributed by atoms with Gasteiger partial charge in [-0.1, -0.05) is 42.5 Å². The van der Waals surface area contributed by atoms with E-state index in [0.29, 0.717) is 0 Å². The van der Waals surface area contributed by atoms with Crippen LogP contribution < -0.4 is 14.5 Å². The quantitative estimate of drug-likeness (QED) is 0.360. The third-order valence-electron chi connectivity index (χ3n) is 4.96. The molecule has 0 radical (unpaired) electrons. The first kappa shape index (κ1) is 18.6. The summed E-state index contributed by atoms with van der Waals surface area (Å²) >= 11 is 0. The summed E-state index contributed by atoms with van der Waals surface area (Å²) in [7, 11) is 3.76. The molecule has 0 unspecified atom stereocenters. The Labute approximate surface area is 172 Å². The molecule has 0 saturated heterocycles. The van der Waals surface area contributed by atoms with Gasteiger partial charge in [0.25, 0.3) is 0 Å². The van der Waals surface area contributed by atoms with Crippen molar-refractivity contribution in [3.63, 3.8) is 0 Å². The lowest BCUT2D eigenvalue weighted by atomic mass is 10.1. The molecular weight excluding hydrogens is 356 g/mol. The molecule has 0 atom stereocenters. The highest BCUT2D eigenvalue weighted by Gasteiger charge is 2.12. The van der Waals surface area contributed by atoms with Gasteiger partial charge in [0, 0.05) is 41.6 Å². The highest BCUT2D eigenvalue weighted by atomic mass is 16.5. The number of nitrogens with zero attached hydrogens (tertiary/aromatic N) is 2. The lowest BCUT2D eigenvalue weighted by Gasteiger charge is -2.26. The van der Waals surface area contributed by atoms with Crippen molar-refractivity contribution in [3.05, 3.63) is 109 Å². The summed E-state index contributed by atoms with van der Waals surface area (Å²) in [6.45, 7) is 0. The monoisotopic (exact) mass is 380 g/mol. The maximum Gasteiger partial charge on any atom is 0.120 e. The predicted octanol–water partition coefficient (Wildman–Crippen LogP) is 6.93. The van der Waals surface area contributed by atoms with E-state index >= 15 is 0 Å². The van der Waals surface area contributed by atoms with Gasteiger partial charge in [0.2, 0.25) is 0 Å². The Morgan fingerprint density at radius 1 is 0.517 bits per heavy atom. The maximum absolute atomic E-state index is 5.36. The number of benzene rings is 4. The van der Waals surface area contributed by atoms with Gasteiger partial charge in [-0.05, 0) is 60.7 Å². The summed E-state index contributed by atoms with van der Waals surface area (Å²) in [4.78, 5) is 4.41. The van der Waals surface area contributed by atoms with E-state index in [1.807, 2.05) is 30.3 Å². The molecule has 29 heavy (non-hydrogen) atoms. The molecule has 0 saturated carbocycles. The minimum absolute atomic E-state index is 0.852. The van der Waals surface area contributed by atoms with E-state index in [0.717, 1.165) is 34.2 Å². The molecule has 0 heterocycles. The first-order valence-electron chi connectivity index (χ1n) is 9.64. The zero-order valence-corrected chi connectivity index (χ0v) is 16.7. The Kier molecular flexibility index (Phi) is 5.48. The normalized spacial score (nSPS) is 10.4. The van der Waals surface area contributed by atoms with E-state index in [1.54, 1.807) is 7.11 Å². The van der Waals surface area contributed by atoms with Crippen LogP contribution in [0.3, 0.4) is 0 Å². The molecule has 3 heteroatoms. The van der Waals surface area contributed by atoms with E-state index in [9.17, 15) is 0 Å². The van der Waals surface area contributed by atoms with Crippen molar-refractivity contribution >= 4 is 28.4 Å². The van der Waals surface area contributed by atoms with Crippen molar-refractivity contribution in [3.8, 4) is 5.75 Å². The van der Waals surface area contributed by atoms with E-state index in [2.05, 4.69) is 95.7 Å². The number of hydrogen-bond donors (Lipinski definition) is 0. The molecule has 0 aliphatic rings. The number of anilines is 5. The van der Waals surface area contributed by atoms with Crippen molar-refractivity contribution in [2.45, 2.75) is 0 Å². The van der Waals surface area contributed by atoms with Crippen LogP contribution in [0.15, 0.2) is 109 Å². The molecule has 4 aromatic rings. The minimum Gasteiger partial charge on any atom is -0.497 e. The second-order valence-electron chi connectivity index (χ2n) is 6.78. The fourth-order valence-corrected chi connectivity index (χ4v) is 3.39. The smallest absolute Gasteiger partial charge is 0.120 e. The molecule has 4 aromatic carbocycles. The van der Waals surface area contributed by atoms with Gasteiger partial charge in [-0.2, -0.15) is 0 Å². The van der Waals surface area contributed by atoms with Crippen LogP contribution in [0.1, 0.15) is 0 Å². The summed E-state index contributed by atoms with van der Waals surface area (Å²) in [5.74, 6) is 0.852. The van der Waals surface area contributed by atoms with Crippen LogP contribution in [0.25, 0.3) is 0 Å². The van der Waals surface area contributed by atoms with Gasteiger partial charge in [0.15, 0.2) is 0 Å². The predicted molar refractivity (Wildman–Crippen MR) is 122 cm³/mol. The molecule has 0 spiro atoms. The van der Waals surface area contributed by atoms with E-state index < -0.39 is 0 Å². The Hall–Kier alpha value is -3.72. The van der Waals surface area contributed by atoms with Gasteiger partial charge >= 0.3 is 0 Å². The van der Waals surface area contributed by atoms with Gasteiger partial charge in [-0.15, -0.1) is 0 Å². The largest absolute Gasteiger partial charge is 0.497 e. The van der Waals surface area contributed by atoms with Gasteiger partial charge in [0.05, 0.1) is 7.11 Å². The van der Waals surface area contributed by atoms with Crippen LogP contribution in [-0.4, -0.2) is 14.2 Å². The summed E-state index contributed by atoms with van der Waals surface area (Å²) in [6, 6.07) is 37.5. The average molecular weight is 380 g/mol. The van der Waals surface area contributed by atoms with Gasteiger partial charge < -0.3 is 14.5 Å². The molecule has 144 valence electrons. The zero-order valence-electron chi connectivity index (χ0n) is 16.7. The lowest BCUT2D eigenvalue weighted by Crippen LogP contribution is -2.11. The van der Waals surface area contributed by atoms with Crippen molar-refractivity contribution in [2.75, 3.05) is 24.0 Å². The van der Waals surface area contributed by atoms with Crippen LogP contribution in [0, 0.1) is 0 Å². The molecule has 0 bridgehead atoms. The zero-order chi connectivity index (χ0) is 20.1. The standard InChI is InChI=1S/C26H24N2O/c1-27(25-14-9-15-26(20-25)29-2)21-16-18-24(19-17-21)28(22-10-5-3-6-11-22)23-12-7-4-8-13-23/h3-20H,1-2H3. The summed E-state index contributed by atoms with van der Waals surface area (Å²) in [5, 5.41) is 0. The molecule has 0 N–H and O–H groups in total. The SMILES string of the molecule is COc1cccc(N(C)c2ccc(N(c3ccccc3)c3ccccc3)cc2)c1. The summed E-state index contributed by atoms with van der Waals surface area (Å²) < 4.78 is 5.36. The summed E-state index contributed by atoms with van der Waals surface area (Å²) in [6.07, 6.45) is 0. The van der Waals surface area contributed by atoms with Crippen LogP contribution in [0.4, 0.5) is 28.4 Å². The Bertz CT molecular complexity index is 1010. The first-order valence-corrected chi connectivity index (χ1v) is 9.64. The van der Waals surface area contributed by atoms with Crippen LogP contribution >= 0.6 is 0 Å². The highest BCUT2D eigenvalue weighted by Crippen LogP contribution is 2.35. The third kappa shape index (κ3) is 4.09. The fraction of sp³-hybridized carbons (Fsp3) is 0.0769. The number of para-hydroxylation sites is 2. The molecular formula is C26H24N2O. The molecule has 0 aromatic heterocycles. The summed E-state index contributed by atoms with van der Waals surface area (Å²) in [5.41, 5.74) is 5.58. The Morgan fingerprint density at radius 3 is 1.55 bits per heavy atom. The van der Waals surface area contributed by atoms with Crippen LogP contribution in [0.5, 0.6) is 5.75 Å². The van der Waals surface area contributed by atoms with E-state index in [-0.39, 0.29) is 0 Å². The van der Waals surface area contributed by atoms with Crippen molar-refractivity contribution < 1.29 is 4.74 Å². The number of hydrogen-bond acceptors (Lipinski definition) is 3. The number of rotatable bonds is 6. The molecule has 0 aliphatic carbocycles. The second-order valence-corrected chi connectivity index (χ2v) is 6.78. The second kappa shape index (κ2) is 8.53. The van der Waals surface area contributed by atoms with Crippen molar-refractivity contribution in [1.29, 1.82) is 0 Å². The van der Waals surface area contributed by atoms with Crippen LogP contribution in [-0.2, 0) is 0 Å². The Balaban J connectivity index is 1.67.